The van der Waals surface area contributed by atoms with Crippen LogP contribution in [-0.4, -0.2) is 59.7 Å². The Morgan fingerprint density at radius 3 is 2.66 bits per heavy atom. The van der Waals surface area contributed by atoms with Gasteiger partial charge >= 0.3 is 0 Å². The van der Waals surface area contributed by atoms with Crippen LogP contribution < -0.4 is 10.2 Å². The van der Waals surface area contributed by atoms with E-state index in [1.165, 1.54) is 11.1 Å². The Balaban J connectivity index is 1.15. The van der Waals surface area contributed by atoms with Gasteiger partial charge in [0.1, 0.15) is 18.1 Å². The molecule has 0 atom stereocenters. The molecular formula is C27H32N4O4. The molecule has 5 rings (SSSR count). The first-order valence-corrected chi connectivity index (χ1v) is 12.4. The second-order valence-corrected chi connectivity index (χ2v) is 9.38. The summed E-state index contributed by atoms with van der Waals surface area (Å²) >= 11 is 0. The molecule has 0 aromatic heterocycles. The topological polar surface area (TPSA) is 83.5 Å². The molecule has 0 aliphatic carbocycles. The molecule has 0 radical (unpaired) electrons. The third-order valence-electron chi connectivity index (χ3n) is 6.81. The van der Waals surface area contributed by atoms with Crippen LogP contribution in [0, 0.1) is 0 Å². The van der Waals surface area contributed by atoms with E-state index < -0.39 is 0 Å². The van der Waals surface area contributed by atoms with Crippen LogP contribution in [0.15, 0.2) is 53.6 Å². The Labute approximate surface area is 205 Å². The van der Waals surface area contributed by atoms with Gasteiger partial charge in [0.15, 0.2) is 0 Å². The number of nitrogens with one attached hydrogen (secondary N) is 1. The number of benzene rings is 2. The Morgan fingerprint density at radius 1 is 1.06 bits per heavy atom. The second kappa shape index (κ2) is 11.0. The van der Waals surface area contributed by atoms with E-state index >= 15 is 0 Å². The molecule has 3 aliphatic heterocycles. The molecule has 0 bridgehead atoms. The average Bonchev–Trinajstić information content (AvgIpc) is 3.11. The quantitative estimate of drug-likeness (QED) is 0.693. The molecule has 1 N–H and O–H groups in total. The first-order chi connectivity index (χ1) is 17.1. The van der Waals surface area contributed by atoms with Crippen molar-refractivity contribution < 1.29 is 19.1 Å². The number of nitrogens with zero attached hydrogens (tertiary/aromatic N) is 3. The fraction of sp³-hybridized carbons (Fsp3) is 0.444. The third kappa shape index (κ3) is 6.07. The van der Waals surface area contributed by atoms with E-state index in [4.69, 9.17) is 9.47 Å². The molecule has 8 nitrogen and oxygen atoms in total. The van der Waals surface area contributed by atoms with Gasteiger partial charge in [-0.05, 0) is 36.1 Å². The minimum atomic E-state index is -0.150. The van der Waals surface area contributed by atoms with E-state index in [2.05, 4.69) is 39.7 Å². The molecule has 8 heteroatoms. The van der Waals surface area contributed by atoms with E-state index in [1.54, 1.807) is 4.90 Å². The maximum Gasteiger partial charge on any atom is 0.270 e. The Kier molecular flexibility index (Phi) is 7.39. The summed E-state index contributed by atoms with van der Waals surface area (Å²) in [5.74, 6) is 0.544. The normalized spacial score (nSPS) is 19.3. The zero-order valence-electron chi connectivity index (χ0n) is 19.9. The maximum atomic E-state index is 13.0. The lowest BCUT2D eigenvalue weighted by molar-refractivity contribution is -0.125. The molecule has 35 heavy (non-hydrogen) atoms. The van der Waals surface area contributed by atoms with Crippen LogP contribution in [0.4, 0.5) is 0 Å². The zero-order chi connectivity index (χ0) is 24.0. The number of piperidine rings is 1. The molecule has 3 aliphatic rings. The van der Waals surface area contributed by atoms with Gasteiger partial charge in [-0.3, -0.25) is 14.5 Å². The minimum Gasteiger partial charge on any atom is -0.491 e. The van der Waals surface area contributed by atoms with Gasteiger partial charge in [-0.1, -0.05) is 36.4 Å². The van der Waals surface area contributed by atoms with E-state index in [1.807, 2.05) is 24.3 Å². The summed E-state index contributed by atoms with van der Waals surface area (Å²) in [7, 11) is 0. The van der Waals surface area contributed by atoms with Crippen molar-refractivity contribution in [2.24, 2.45) is 5.10 Å². The lowest BCUT2D eigenvalue weighted by Gasteiger charge is -2.32. The molecule has 2 aromatic carbocycles. The highest BCUT2D eigenvalue weighted by Gasteiger charge is 2.27. The van der Waals surface area contributed by atoms with Gasteiger partial charge in [-0.2, -0.15) is 5.10 Å². The van der Waals surface area contributed by atoms with Gasteiger partial charge in [0, 0.05) is 44.6 Å². The van der Waals surface area contributed by atoms with Gasteiger partial charge in [0.05, 0.1) is 19.3 Å². The van der Waals surface area contributed by atoms with E-state index in [-0.39, 0.29) is 11.8 Å². The molecule has 184 valence electrons. The summed E-state index contributed by atoms with van der Waals surface area (Å²) in [5.41, 5.74) is 6.26. The Morgan fingerprint density at radius 2 is 1.89 bits per heavy atom. The predicted molar refractivity (Wildman–Crippen MR) is 132 cm³/mol. The molecular weight excluding hydrogens is 444 g/mol. The second-order valence-electron chi connectivity index (χ2n) is 9.38. The lowest BCUT2D eigenvalue weighted by Crippen LogP contribution is -2.40. The van der Waals surface area contributed by atoms with Gasteiger partial charge < -0.3 is 14.4 Å². The van der Waals surface area contributed by atoms with E-state index in [9.17, 15) is 9.59 Å². The summed E-state index contributed by atoms with van der Waals surface area (Å²) in [5, 5.41) is 3.97. The van der Waals surface area contributed by atoms with Crippen LogP contribution >= 0.6 is 0 Å². The zero-order valence-corrected chi connectivity index (χ0v) is 19.9. The van der Waals surface area contributed by atoms with Crippen molar-refractivity contribution in [1.29, 1.82) is 0 Å². The number of amides is 2. The van der Waals surface area contributed by atoms with E-state index in [0.717, 1.165) is 43.8 Å². The van der Waals surface area contributed by atoms with Crippen molar-refractivity contribution in [2.45, 2.75) is 51.5 Å². The van der Waals surface area contributed by atoms with E-state index in [0.29, 0.717) is 51.0 Å². The fourth-order valence-electron chi connectivity index (χ4n) is 4.81. The summed E-state index contributed by atoms with van der Waals surface area (Å²) < 4.78 is 12.1. The fourth-order valence-corrected chi connectivity index (χ4v) is 4.81. The minimum absolute atomic E-state index is 0.135. The maximum absolute atomic E-state index is 13.0. The average molecular weight is 477 g/mol. The van der Waals surface area contributed by atoms with Crippen molar-refractivity contribution in [1.82, 2.24) is 15.2 Å². The smallest absolute Gasteiger partial charge is 0.270 e. The predicted octanol–water partition coefficient (Wildman–Crippen LogP) is 2.85. The van der Waals surface area contributed by atoms with Gasteiger partial charge in [-0.25, -0.2) is 5.43 Å². The van der Waals surface area contributed by atoms with Crippen molar-refractivity contribution in [3.8, 4) is 5.75 Å². The molecule has 0 unspecified atom stereocenters. The molecule has 3 heterocycles. The number of hydrogen-bond donors (Lipinski definition) is 1. The van der Waals surface area contributed by atoms with Crippen molar-refractivity contribution in [3.63, 3.8) is 0 Å². The van der Waals surface area contributed by atoms with Crippen molar-refractivity contribution in [3.05, 3.63) is 65.2 Å². The molecule has 2 aromatic rings. The SMILES string of the molecule is O=C1CCC(C(=O)N2CCOc3ccc(CN4CCC(OCc5ccccc5)CC4)cc3C2)=NN1. The summed E-state index contributed by atoms with van der Waals surface area (Å²) in [6, 6.07) is 16.6. The Bertz CT molecular complexity index is 1080. The van der Waals surface area contributed by atoms with Gasteiger partial charge in [0.25, 0.3) is 5.91 Å². The number of fused-ring (bicyclic) bond motifs is 1. The van der Waals surface area contributed by atoms with Crippen LogP contribution in [0.25, 0.3) is 0 Å². The lowest BCUT2D eigenvalue weighted by atomic mass is 10.0. The Hall–Kier alpha value is -3.23. The monoisotopic (exact) mass is 476 g/mol. The summed E-state index contributed by atoms with van der Waals surface area (Å²) in [4.78, 5) is 28.6. The number of likely N-dealkylation sites (tertiary alicyclic amines) is 1. The van der Waals surface area contributed by atoms with Crippen LogP contribution in [0.2, 0.25) is 0 Å². The number of rotatable bonds is 6. The highest BCUT2D eigenvalue weighted by atomic mass is 16.5. The number of hydrazone groups is 1. The van der Waals surface area contributed by atoms with Crippen molar-refractivity contribution in [2.75, 3.05) is 26.2 Å². The number of hydrogen-bond acceptors (Lipinski definition) is 6. The molecule has 0 saturated carbocycles. The van der Waals surface area contributed by atoms with Gasteiger partial charge in [0.2, 0.25) is 5.91 Å². The van der Waals surface area contributed by atoms with Crippen LogP contribution in [0.3, 0.4) is 0 Å². The standard InChI is InChI=1S/C27H32N4O4/c32-26-9-7-24(28-29-26)27(33)31-14-15-34-25-8-6-21(16-22(25)18-31)17-30-12-10-23(11-13-30)35-19-20-4-2-1-3-5-20/h1-6,8,16,23H,7,9-15,17-19H2,(H,29,32). The first-order valence-electron chi connectivity index (χ1n) is 12.4. The molecule has 0 spiro atoms. The van der Waals surface area contributed by atoms with Crippen LogP contribution in [0.5, 0.6) is 5.75 Å². The van der Waals surface area contributed by atoms with Crippen molar-refractivity contribution >= 4 is 17.5 Å². The highest BCUT2D eigenvalue weighted by Crippen LogP contribution is 2.26. The summed E-state index contributed by atoms with van der Waals surface area (Å²) in [6.45, 7) is 4.95. The van der Waals surface area contributed by atoms with Gasteiger partial charge in [-0.15, -0.1) is 0 Å². The number of carbonyl (C=O) groups excluding carboxylic acids is 2. The highest BCUT2D eigenvalue weighted by molar-refractivity contribution is 6.39. The first kappa shape index (κ1) is 23.5. The number of carbonyl (C=O) groups is 2. The number of ether oxygens (including phenoxy) is 2. The third-order valence-corrected chi connectivity index (χ3v) is 6.81. The molecule has 1 fully saturated rings. The largest absolute Gasteiger partial charge is 0.491 e. The molecule has 2 amide bonds. The van der Waals surface area contributed by atoms with Crippen LogP contribution in [-0.2, 0) is 34.0 Å². The molecule has 1 saturated heterocycles. The van der Waals surface area contributed by atoms with Crippen LogP contribution in [0.1, 0.15) is 42.4 Å². The summed E-state index contributed by atoms with van der Waals surface area (Å²) in [6.07, 6.45) is 3.03.